The van der Waals surface area contributed by atoms with Gasteiger partial charge in [0.05, 0.1) is 5.56 Å². The van der Waals surface area contributed by atoms with Gasteiger partial charge in [-0.25, -0.2) is 9.18 Å². The molecule has 2 aromatic carbocycles. The van der Waals surface area contributed by atoms with Crippen molar-refractivity contribution in [1.29, 1.82) is 0 Å². The molecule has 0 radical (unpaired) electrons. The maximum atomic E-state index is 13.5. The van der Waals surface area contributed by atoms with Crippen molar-refractivity contribution >= 4 is 29.2 Å². The molecule has 0 unspecified atom stereocenters. The van der Waals surface area contributed by atoms with E-state index in [9.17, 15) is 14.0 Å². The summed E-state index contributed by atoms with van der Waals surface area (Å²) in [6.07, 6.45) is -1.08. The van der Waals surface area contributed by atoms with Crippen molar-refractivity contribution in [3.63, 3.8) is 0 Å². The Balaban J connectivity index is 1.99. The quantitative estimate of drug-likeness (QED) is 0.874. The number of ether oxygens (including phenoxy) is 1. The van der Waals surface area contributed by atoms with Crippen LogP contribution in [0.25, 0.3) is 0 Å². The Morgan fingerprint density at radius 2 is 1.91 bits per heavy atom. The van der Waals surface area contributed by atoms with Crippen molar-refractivity contribution in [2.45, 2.75) is 13.0 Å². The Hall–Kier alpha value is -2.40. The molecule has 22 heavy (non-hydrogen) atoms. The number of amides is 1. The van der Waals surface area contributed by atoms with Crippen LogP contribution in [0.2, 0.25) is 5.02 Å². The Kier molecular flexibility index (Phi) is 5.12. The SMILES string of the molecule is C[C@@H](OC(=O)c1ccccc1F)C(=O)Nc1cccc(Cl)c1. The van der Waals surface area contributed by atoms with Gasteiger partial charge in [-0.3, -0.25) is 4.79 Å². The highest BCUT2D eigenvalue weighted by Gasteiger charge is 2.20. The molecule has 2 rings (SSSR count). The summed E-state index contributed by atoms with van der Waals surface area (Å²) >= 11 is 5.81. The summed E-state index contributed by atoms with van der Waals surface area (Å²) in [5.74, 6) is -2.13. The number of anilines is 1. The summed E-state index contributed by atoms with van der Waals surface area (Å²) in [5.41, 5.74) is 0.260. The van der Waals surface area contributed by atoms with Crippen molar-refractivity contribution in [3.05, 3.63) is 64.9 Å². The second-order valence-electron chi connectivity index (χ2n) is 4.53. The lowest BCUT2D eigenvalue weighted by Crippen LogP contribution is -2.30. The van der Waals surface area contributed by atoms with Crippen LogP contribution in [0.1, 0.15) is 17.3 Å². The smallest absolute Gasteiger partial charge is 0.341 e. The molecule has 0 saturated heterocycles. The molecule has 2 aromatic rings. The fourth-order valence-electron chi connectivity index (χ4n) is 1.71. The van der Waals surface area contributed by atoms with Gasteiger partial charge in [-0.1, -0.05) is 29.8 Å². The lowest BCUT2D eigenvalue weighted by Gasteiger charge is -2.14. The standard InChI is InChI=1S/C16H13ClFNO3/c1-10(15(20)19-12-6-4-5-11(17)9-12)22-16(21)13-7-2-3-8-14(13)18/h2-10H,1H3,(H,19,20)/t10-/m1/s1. The predicted molar refractivity (Wildman–Crippen MR) is 81.4 cm³/mol. The topological polar surface area (TPSA) is 55.4 Å². The zero-order chi connectivity index (χ0) is 16.1. The van der Waals surface area contributed by atoms with E-state index in [2.05, 4.69) is 5.32 Å². The molecule has 0 aliphatic carbocycles. The minimum atomic E-state index is -1.08. The molecule has 6 heteroatoms. The Morgan fingerprint density at radius 3 is 2.59 bits per heavy atom. The molecular weight excluding hydrogens is 309 g/mol. The molecule has 0 aliphatic rings. The molecule has 0 fully saturated rings. The normalized spacial score (nSPS) is 11.6. The summed E-state index contributed by atoms with van der Waals surface area (Å²) in [6.45, 7) is 1.40. The first-order chi connectivity index (χ1) is 10.5. The predicted octanol–water partition coefficient (Wildman–Crippen LogP) is 3.66. The molecule has 0 heterocycles. The molecule has 0 aliphatic heterocycles. The van der Waals surface area contributed by atoms with E-state index in [0.717, 1.165) is 6.07 Å². The molecule has 1 atom stereocenters. The number of carbonyl (C=O) groups is 2. The molecule has 114 valence electrons. The van der Waals surface area contributed by atoms with Gasteiger partial charge in [-0.2, -0.15) is 0 Å². The molecule has 1 amide bonds. The lowest BCUT2D eigenvalue weighted by molar-refractivity contribution is -0.123. The number of nitrogens with one attached hydrogen (secondary N) is 1. The Labute approximate surface area is 131 Å². The lowest BCUT2D eigenvalue weighted by atomic mass is 10.2. The van der Waals surface area contributed by atoms with E-state index in [1.54, 1.807) is 24.3 Å². The van der Waals surface area contributed by atoms with Crippen LogP contribution in [0.5, 0.6) is 0 Å². The van der Waals surface area contributed by atoms with E-state index in [1.165, 1.54) is 25.1 Å². The van der Waals surface area contributed by atoms with E-state index < -0.39 is 23.8 Å². The number of benzene rings is 2. The average molecular weight is 322 g/mol. The van der Waals surface area contributed by atoms with Crippen molar-refractivity contribution in [1.82, 2.24) is 0 Å². The van der Waals surface area contributed by atoms with Crippen molar-refractivity contribution in [3.8, 4) is 0 Å². The zero-order valence-corrected chi connectivity index (χ0v) is 12.4. The minimum absolute atomic E-state index is 0.218. The van der Waals surface area contributed by atoms with Crippen LogP contribution in [0.15, 0.2) is 48.5 Å². The summed E-state index contributed by atoms with van der Waals surface area (Å²) < 4.78 is 18.4. The average Bonchev–Trinajstić information content (AvgIpc) is 2.47. The highest BCUT2D eigenvalue weighted by atomic mass is 35.5. The summed E-state index contributed by atoms with van der Waals surface area (Å²) in [6, 6.07) is 12.0. The van der Waals surface area contributed by atoms with E-state index in [1.807, 2.05) is 0 Å². The number of esters is 1. The van der Waals surface area contributed by atoms with E-state index in [-0.39, 0.29) is 5.56 Å². The monoisotopic (exact) mass is 321 g/mol. The highest BCUT2D eigenvalue weighted by molar-refractivity contribution is 6.30. The van der Waals surface area contributed by atoms with Crippen LogP contribution < -0.4 is 5.32 Å². The van der Waals surface area contributed by atoms with Crippen molar-refractivity contribution in [2.24, 2.45) is 0 Å². The molecule has 0 bridgehead atoms. The first-order valence-corrected chi connectivity index (χ1v) is 6.87. The van der Waals surface area contributed by atoms with Gasteiger partial charge in [0.25, 0.3) is 5.91 Å². The molecular formula is C16H13ClFNO3. The number of carbonyl (C=O) groups excluding carboxylic acids is 2. The van der Waals surface area contributed by atoms with Gasteiger partial charge in [-0.05, 0) is 37.3 Å². The van der Waals surface area contributed by atoms with Gasteiger partial charge in [0.2, 0.25) is 0 Å². The Morgan fingerprint density at radius 1 is 1.18 bits per heavy atom. The van der Waals surface area contributed by atoms with E-state index in [4.69, 9.17) is 16.3 Å². The third-order valence-electron chi connectivity index (χ3n) is 2.84. The van der Waals surface area contributed by atoms with Crippen molar-refractivity contribution in [2.75, 3.05) is 5.32 Å². The third kappa shape index (κ3) is 4.05. The molecule has 0 spiro atoms. The number of hydrogen-bond donors (Lipinski definition) is 1. The molecule has 1 N–H and O–H groups in total. The van der Waals surface area contributed by atoms with Crippen LogP contribution in [-0.4, -0.2) is 18.0 Å². The number of rotatable bonds is 4. The summed E-state index contributed by atoms with van der Waals surface area (Å²) in [4.78, 5) is 23.8. The fourth-order valence-corrected chi connectivity index (χ4v) is 1.90. The molecule has 0 aromatic heterocycles. The second-order valence-corrected chi connectivity index (χ2v) is 4.96. The first kappa shape index (κ1) is 16.0. The highest BCUT2D eigenvalue weighted by Crippen LogP contribution is 2.16. The van der Waals surface area contributed by atoms with Gasteiger partial charge < -0.3 is 10.1 Å². The fraction of sp³-hybridized carbons (Fsp3) is 0.125. The van der Waals surface area contributed by atoms with E-state index >= 15 is 0 Å². The third-order valence-corrected chi connectivity index (χ3v) is 3.07. The summed E-state index contributed by atoms with van der Waals surface area (Å²) in [7, 11) is 0. The van der Waals surface area contributed by atoms with Crippen LogP contribution in [0.4, 0.5) is 10.1 Å². The van der Waals surface area contributed by atoms with Crippen molar-refractivity contribution < 1.29 is 18.7 Å². The van der Waals surface area contributed by atoms with Gasteiger partial charge in [-0.15, -0.1) is 0 Å². The summed E-state index contributed by atoms with van der Waals surface area (Å²) in [5, 5.41) is 3.03. The van der Waals surface area contributed by atoms with Gasteiger partial charge in [0, 0.05) is 10.7 Å². The van der Waals surface area contributed by atoms with Crippen LogP contribution in [0.3, 0.4) is 0 Å². The number of hydrogen-bond acceptors (Lipinski definition) is 3. The van der Waals surface area contributed by atoms with Crippen LogP contribution in [-0.2, 0) is 9.53 Å². The Bertz CT molecular complexity index is 705. The largest absolute Gasteiger partial charge is 0.449 e. The molecule has 4 nitrogen and oxygen atoms in total. The van der Waals surface area contributed by atoms with Crippen LogP contribution in [0, 0.1) is 5.82 Å². The van der Waals surface area contributed by atoms with Crippen LogP contribution >= 0.6 is 11.6 Å². The maximum Gasteiger partial charge on any atom is 0.341 e. The van der Waals surface area contributed by atoms with Gasteiger partial charge in [0.15, 0.2) is 6.10 Å². The van der Waals surface area contributed by atoms with Gasteiger partial charge in [0.1, 0.15) is 5.82 Å². The van der Waals surface area contributed by atoms with Gasteiger partial charge >= 0.3 is 5.97 Å². The second kappa shape index (κ2) is 7.04. The maximum absolute atomic E-state index is 13.5. The first-order valence-electron chi connectivity index (χ1n) is 6.49. The zero-order valence-electron chi connectivity index (χ0n) is 11.7. The van der Waals surface area contributed by atoms with E-state index in [0.29, 0.717) is 10.7 Å². The number of halogens is 2. The molecule has 0 saturated carbocycles. The minimum Gasteiger partial charge on any atom is -0.449 e.